The molecule has 1 amide bonds. The van der Waals surface area contributed by atoms with Crippen molar-refractivity contribution in [3.05, 3.63) is 74.9 Å². The van der Waals surface area contributed by atoms with Crippen LogP contribution in [0.1, 0.15) is 17.3 Å². The van der Waals surface area contributed by atoms with Crippen molar-refractivity contribution in [2.45, 2.75) is 6.92 Å². The van der Waals surface area contributed by atoms with Crippen molar-refractivity contribution in [1.82, 2.24) is 9.13 Å². The molecule has 1 aromatic heterocycles. The highest BCUT2D eigenvalue weighted by Crippen LogP contribution is 2.28. The van der Waals surface area contributed by atoms with Gasteiger partial charge in [0.15, 0.2) is 11.5 Å². The average molecular weight is 424 g/mol. The molecule has 0 atom stereocenters. The number of ether oxygens (including phenoxy) is 2. The molecule has 1 heterocycles. The molecule has 0 aliphatic heterocycles. The fourth-order valence-corrected chi connectivity index (χ4v) is 2.91. The van der Waals surface area contributed by atoms with Gasteiger partial charge >= 0.3 is 11.7 Å². The van der Waals surface area contributed by atoms with Crippen molar-refractivity contribution < 1.29 is 19.1 Å². The minimum absolute atomic E-state index is 0.117. The average Bonchev–Trinajstić information content (AvgIpc) is 2.76. The van der Waals surface area contributed by atoms with Crippen LogP contribution in [0.3, 0.4) is 0 Å². The number of amides is 1. The van der Waals surface area contributed by atoms with Crippen LogP contribution in [0.25, 0.3) is 5.69 Å². The lowest BCUT2D eigenvalue weighted by Crippen LogP contribution is -2.40. The predicted molar refractivity (Wildman–Crippen MR) is 114 cm³/mol. The Labute approximate surface area is 176 Å². The van der Waals surface area contributed by atoms with E-state index in [1.165, 1.54) is 39.3 Å². The summed E-state index contributed by atoms with van der Waals surface area (Å²) in [5, 5.41) is 2.46. The molecule has 0 unspecified atom stereocenters. The van der Waals surface area contributed by atoms with Crippen LogP contribution in [0.5, 0.6) is 11.5 Å². The van der Waals surface area contributed by atoms with Gasteiger partial charge in [0, 0.05) is 19.5 Å². The second-order valence-corrected chi connectivity index (χ2v) is 6.49. The number of para-hydroxylation sites is 1. The molecule has 0 bridgehead atoms. The van der Waals surface area contributed by atoms with Gasteiger partial charge in [0.2, 0.25) is 0 Å². The summed E-state index contributed by atoms with van der Waals surface area (Å²) in [5.41, 5.74) is 4.99. The molecular formula is C21H20N4O6. The smallest absolute Gasteiger partial charge is 0.337 e. The van der Waals surface area contributed by atoms with Crippen LogP contribution in [-0.2, 0) is 11.8 Å². The number of nitrogens with one attached hydrogen (secondary N) is 1. The zero-order valence-electron chi connectivity index (χ0n) is 17.0. The third kappa shape index (κ3) is 4.17. The molecule has 3 aromatic rings. The van der Waals surface area contributed by atoms with Gasteiger partial charge in [-0.15, -0.1) is 0 Å². The van der Waals surface area contributed by atoms with E-state index in [0.29, 0.717) is 5.69 Å². The van der Waals surface area contributed by atoms with Gasteiger partial charge in [0.1, 0.15) is 11.5 Å². The van der Waals surface area contributed by atoms with Gasteiger partial charge in [-0.2, -0.15) is 0 Å². The Hall–Kier alpha value is -4.34. The number of nitrogens with two attached hydrogens (primary N) is 1. The number of hydrogen-bond donors (Lipinski definition) is 2. The number of aromatic nitrogens is 2. The lowest BCUT2D eigenvalue weighted by atomic mass is 10.2. The van der Waals surface area contributed by atoms with E-state index in [4.69, 9.17) is 15.2 Å². The van der Waals surface area contributed by atoms with Crippen LogP contribution < -0.4 is 31.8 Å². The highest BCUT2D eigenvalue weighted by atomic mass is 16.6. The number of carbonyl (C=O) groups excluding carboxylic acids is 2. The minimum Gasteiger partial charge on any atom is -0.493 e. The summed E-state index contributed by atoms with van der Waals surface area (Å²) < 4.78 is 12.1. The SMILES string of the molecule is COc1cc(C(=O)Nc2c(N)n(-c3ccccc3)c(=O)n(C)c2=O)ccc1OC(C)=O. The monoisotopic (exact) mass is 424 g/mol. The summed E-state index contributed by atoms with van der Waals surface area (Å²) in [6.45, 7) is 1.24. The van der Waals surface area contributed by atoms with Crippen LogP contribution >= 0.6 is 0 Å². The molecule has 10 heteroatoms. The second-order valence-electron chi connectivity index (χ2n) is 6.49. The first-order valence-corrected chi connectivity index (χ1v) is 9.09. The van der Waals surface area contributed by atoms with E-state index in [9.17, 15) is 19.2 Å². The summed E-state index contributed by atoms with van der Waals surface area (Å²) in [7, 11) is 2.64. The van der Waals surface area contributed by atoms with Crippen molar-refractivity contribution in [2.24, 2.45) is 7.05 Å². The first-order valence-electron chi connectivity index (χ1n) is 9.09. The predicted octanol–water partition coefficient (Wildman–Crippen LogP) is 1.30. The number of esters is 1. The lowest BCUT2D eigenvalue weighted by molar-refractivity contribution is -0.132. The van der Waals surface area contributed by atoms with Gasteiger partial charge in [-0.3, -0.25) is 19.0 Å². The van der Waals surface area contributed by atoms with Crippen LogP contribution in [-0.4, -0.2) is 28.1 Å². The normalized spacial score (nSPS) is 10.4. The van der Waals surface area contributed by atoms with E-state index in [2.05, 4.69) is 5.32 Å². The quantitative estimate of drug-likeness (QED) is 0.466. The zero-order valence-corrected chi connectivity index (χ0v) is 17.0. The van der Waals surface area contributed by atoms with Crippen LogP contribution in [0, 0.1) is 0 Å². The second kappa shape index (κ2) is 8.57. The van der Waals surface area contributed by atoms with Crippen molar-refractivity contribution in [3.63, 3.8) is 0 Å². The van der Waals surface area contributed by atoms with E-state index >= 15 is 0 Å². The molecule has 0 saturated heterocycles. The van der Waals surface area contributed by atoms with Crippen molar-refractivity contribution in [2.75, 3.05) is 18.2 Å². The maximum absolute atomic E-state index is 12.8. The standard InChI is InChI=1S/C21H20N4O6/c1-12(26)31-15-10-9-13(11-16(15)30-3)19(27)23-17-18(22)25(14-7-5-4-6-8-14)21(29)24(2)20(17)28/h4-11H,22H2,1-3H3,(H,23,27). The van der Waals surface area contributed by atoms with Crippen molar-refractivity contribution >= 4 is 23.4 Å². The van der Waals surface area contributed by atoms with Gasteiger partial charge in [0.25, 0.3) is 11.5 Å². The Kier molecular flexibility index (Phi) is 5.91. The molecule has 0 saturated carbocycles. The molecule has 0 radical (unpaired) electrons. The summed E-state index contributed by atoms with van der Waals surface area (Å²) in [5.74, 6) is -1.14. The maximum atomic E-state index is 12.8. The summed E-state index contributed by atoms with van der Waals surface area (Å²) >= 11 is 0. The molecule has 0 spiro atoms. The van der Waals surface area contributed by atoms with Crippen LogP contribution in [0.15, 0.2) is 58.1 Å². The Morgan fingerprint density at radius 3 is 2.32 bits per heavy atom. The number of benzene rings is 2. The Balaban J connectivity index is 2.04. The van der Waals surface area contributed by atoms with Crippen molar-refractivity contribution in [1.29, 1.82) is 0 Å². The van der Waals surface area contributed by atoms with E-state index in [0.717, 1.165) is 9.13 Å². The molecule has 3 rings (SSSR count). The highest BCUT2D eigenvalue weighted by molar-refractivity contribution is 6.05. The van der Waals surface area contributed by atoms with Gasteiger partial charge in [-0.05, 0) is 30.3 Å². The maximum Gasteiger partial charge on any atom is 0.337 e. The number of hydrogen-bond acceptors (Lipinski definition) is 7. The van der Waals surface area contributed by atoms with Crippen LogP contribution in [0.4, 0.5) is 11.5 Å². The highest BCUT2D eigenvalue weighted by Gasteiger charge is 2.20. The Morgan fingerprint density at radius 2 is 1.71 bits per heavy atom. The number of methoxy groups -OCH3 is 1. The fraction of sp³-hybridized carbons (Fsp3) is 0.143. The van der Waals surface area contributed by atoms with Crippen LogP contribution in [0.2, 0.25) is 0 Å². The molecule has 160 valence electrons. The lowest BCUT2D eigenvalue weighted by Gasteiger charge is -2.16. The summed E-state index contributed by atoms with van der Waals surface area (Å²) in [6, 6.07) is 12.6. The molecule has 0 aliphatic rings. The van der Waals surface area contributed by atoms with E-state index in [1.807, 2.05) is 0 Å². The van der Waals surface area contributed by atoms with Gasteiger partial charge < -0.3 is 20.5 Å². The fourth-order valence-electron chi connectivity index (χ4n) is 2.91. The van der Waals surface area contributed by atoms with Gasteiger partial charge in [0.05, 0.1) is 12.8 Å². The molecule has 10 nitrogen and oxygen atoms in total. The summed E-state index contributed by atoms with van der Waals surface area (Å²) in [6.07, 6.45) is 0. The number of rotatable bonds is 5. The third-order valence-electron chi connectivity index (χ3n) is 4.43. The molecule has 31 heavy (non-hydrogen) atoms. The number of nitrogen functional groups attached to an aromatic ring is 1. The van der Waals surface area contributed by atoms with Crippen molar-refractivity contribution in [3.8, 4) is 17.2 Å². The van der Waals surface area contributed by atoms with Gasteiger partial charge in [-0.25, -0.2) is 9.36 Å². The first-order chi connectivity index (χ1) is 14.7. The topological polar surface area (TPSA) is 135 Å². The Bertz CT molecular complexity index is 1280. The molecular weight excluding hydrogens is 404 g/mol. The molecule has 3 N–H and O–H groups in total. The largest absolute Gasteiger partial charge is 0.493 e. The van der Waals surface area contributed by atoms with E-state index in [1.54, 1.807) is 30.3 Å². The Morgan fingerprint density at radius 1 is 1.03 bits per heavy atom. The minimum atomic E-state index is -0.758. The van der Waals surface area contributed by atoms with E-state index < -0.39 is 23.1 Å². The number of anilines is 2. The molecule has 0 aliphatic carbocycles. The van der Waals surface area contributed by atoms with E-state index in [-0.39, 0.29) is 28.6 Å². The summed E-state index contributed by atoms with van der Waals surface area (Å²) in [4.78, 5) is 49.2. The van der Waals surface area contributed by atoms with Gasteiger partial charge in [-0.1, -0.05) is 18.2 Å². The molecule has 2 aromatic carbocycles. The molecule has 0 fully saturated rings. The first kappa shape index (κ1) is 21.4. The number of nitrogens with zero attached hydrogens (tertiary/aromatic N) is 2. The zero-order chi connectivity index (χ0) is 22.7. The number of carbonyl (C=O) groups is 2. The third-order valence-corrected chi connectivity index (χ3v) is 4.43.